The first-order valence-electron chi connectivity index (χ1n) is 10.4. The SMILES string of the molecule is NC[C@H](NC(=O)c1ccc(C#CC#Cc2ccc(C(=O)N[C@@H](CN)C(=O)NO)cc2)cc1)C(=O)NO. The largest absolute Gasteiger partial charge is 0.339 e. The molecule has 0 heterocycles. The second kappa shape index (κ2) is 13.9. The van der Waals surface area contributed by atoms with Crippen LogP contribution in [0, 0.1) is 23.7 Å². The zero-order chi connectivity index (χ0) is 26.5. The summed E-state index contributed by atoms with van der Waals surface area (Å²) in [4.78, 5) is 47.2. The van der Waals surface area contributed by atoms with Gasteiger partial charge in [-0.2, -0.15) is 0 Å². The number of carbonyl (C=O) groups is 4. The first kappa shape index (κ1) is 27.5. The maximum absolute atomic E-state index is 12.2. The molecule has 10 N–H and O–H groups in total. The average molecular weight is 492 g/mol. The molecule has 186 valence electrons. The van der Waals surface area contributed by atoms with E-state index in [-0.39, 0.29) is 24.2 Å². The summed E-state index contributed by atoms with van der Waals surface area (Å²) in [5.74, 6) is 8.29. The van der Waals surface area contributed by atoms with E-state index < -0.39 is 35.7 Å². The lowest BCUT2D eigenvalue weighted by molar-refractivity contribution is -0.131. The molecule has 2 atom stereocenters. The fraction of sp³-hybridized carbons (Fsp3) is 0.167. The maximum Gasteiger partial charge on any atom is 0.267 e. The molecule has 0 aliphatic heterocycles. The van der Waals surface area contributed by atoms with Crippen molar-refractivity contribution in [2.45, 2.75) is 12.1 Å². The van der Waals surface area contributed by atoms with Crippen LogP contribution in [0.5, 0.6) is 0 Å². The van der Waals surface area contributed by atoms with E-state index in [0.29, 0.717) is 11.1 Å². The molecule has 0 aliphatic carbocycles. The molecule has 0 saturated heterocycles. The van der Waals surface area contributed by atoms with Gasteiger partial charge in [-0.1, -0.05) is 11.8 Å². The number of nitrogens with two attached hydrogens (primary N) is 2. The molecule has 0 aliphatic rings. The molecule has 0 saturated carbocycles. The van der Waals surface area contributed by atoms with Crippen LogP contribution in [0.2, 0.25) is 0 Å². The lowest BCUT2D eigenvalue weighted by atomic mass is 10.1. The van der Waals surface area contributed by atoms with E-state index in [1.165, 1.54) is 35.2 Å². The molecule has 12 nitrogen and oxygen atoms in total. The van der Waals surface area contributed by atoms with Crippen LogP contribution in [-0.2, 0) is 9.59 Å². The Kier molecular flexibility index (Phi) is 10.6. The third-order valence-electron chi connectivity index (χ3n) is 4.71. The monoisotopic (exact) mass is 492 g/mol. The van der Waals surface area contributed by atoms with E-state index in [9.17, 15) is 19.2 Å². The molecule has 2 aromatic rings. The zero-order valence-corrected chi connectivity index (χ0v) is 18.9. The molecule has 0 fully saturated rings. The van der Waals surface area contributed by atoms with E-state index in [1.807, 2.05) is 0 Å². The second-order valence-corrected chi connectivity index (χ2v) is 7.13. The van der Waals surface area contributed by atoms with Gasteiger partial charge in [0.25, 0.3) is 23.6 Å². The minimum atomic E-state index is -1.07. The van der Waals surface area contributed by atoms with Crippen molar-refractivity contribution >= 4 is 23.6 Å². The van der Waals surface area contributed by atoms with Gasteiger partial charge in [0, 0.05) is 35.3 Å². The van der Waals surface area contributed by atoms with Gasteiger partial charge >= 0.3 is 0 Å². The highest BCUT2D eigenvalue weighted by molar-refractivity contribution is 5.98. The molecular formula is C24H24N6O6. The quantitative estimate of drug-likeness (QED) is 0.120. The number of rotatable bonds is 8. The summed E-state index contributed by atoms with van der Waals surface area (Å²) < 4.78 is 0. The molecule has 2 aromatic carbocycles. The number of hydrogen-bond donors (Lipinski definition) is 8. The number of nitrogens with one attached hydrogen (secondary N) is 4. The van der Waals surface area contributed by atoms with Gasteiger partial charge in [-0.3, -0.25) is 29.6 Å². The fourth-order valence-electron chi connectivity index (χ4n) is 2.72. The van der Waals surface area contributed by atoms with Gasteiger partial charge in [-0.05, 0) is 60.4 Å². The average Bonchev–Trinajstić information content (AvgIpc) is 2.92. The van der Waals surface area contributed by atoms with Gasteiger partial charge in [0.2, 0.25) is 0 Å². The van der Waals surface area contributed by atoms with Crippen LogP contribution in [0.25, 0.3) is 0 Å². The summed E-state index contributed by atoms with van der Waals surface area (Å²) >= 11 is 0. The highest BCUT2D eigenvalue weighted by atomic mass is 16.5. The molecule has 0 unspecified atom stereocenters. The molecule has 2 rings (SSSR count). The van der Waals surface area contributed by atoms with Crippen molar-refractivity contribution in [1.29, 1.82) is 0 Å². The van der Waals surface area contributed by atoms with Gasteiger partial charge < -0.3 is 22.1 Å². The van der Waals surface area contributed by atoms with Gasteiger partial charge in [0.05, 0.1) is 0 Å². The van der Waals surface area contributed by atoms with Crippen LogP contribution >= 0.6 is 0 Å². The maximum atomic E-state index is 12.2. The Morgan fingerprint density at radius 3 is 1.28 bits per heavy atom. The molecule has 12 heteroatoms. The van der Waals surface area contributed by atoms with Crippen molar-refractivity contribution in [3.63, 3.8) is 0 Å². The highest BCUT2D eigenvalue weighted by Crippen LogP contribution is 2.05. The van der Waals surface area contributed by atoms with Crippen molar-refractivity contribution in [3.8, 4) is 23.7 Å². The summed E-state index contributed by atoms with van der Waals surface area (Å²) in [7, 11) is 0. The third-order valence-corrected chi connectivity index (χ3v) is 4.71. The number of amides is 4. The second-order valence-electron chi connectivity index (χ2n) is 7.13. The molecule has 0 spiro atoms. The first-order chi connectivity index (χ1) is 17.3. The van der Waals surface area contributed by atoms with E-state index in [0.717, 1.165) is 0 Å². The molecule has 4 amide bonds. The lowest BCUT2D eigenvalue weighted by Gasteiger charge is -2.14. The van der Waals surface area contributed by atoms with Crippen LogP contribution in [0.1, 0.15) is 31.8 Å². The smallest absolute Gasteiger partial charge is 0.267 e. The van der Waals surface area contributed by atoms with Crippen molar-refractivity contribution < 1.29 is 29.6 Å². The Morgan fingerprint density at radius 1 is 0.667 bits per heavy atom. The van der Waals surface area contributed by atoms with Gasteiger partial charge in [0.15, 0.2) is 0 Å². The summed E-state index contributed by atoms with van der Waals surface area (Å²) in [6, 6.07) is 10.3. The first-order valence-corrected chi connectivity index (χ1v) is 10.4. The highest BCUT2D eigenvalue weighted by Gasteiger charge is 2.20. The Labute approximate surface area is 206 Å². The Balaban J connectivity index is 1.97. The summed E-state index contributed by atoms with van der Waals surface area (Å²) in [6.45, 7) is -0.372. The van der Waals surface area contributed by atoms with Gasteiger partial charge in [0.1, 0.15) is 12.1 Å². The minimum Gasteiger partial charge on any atom is -0.339 e. The van der Waals surface area contributed by atoms with Crippen LogP contribution in [0.15, 0.2) is 48.5 Å². The predicted molar refractivity (Wildman–Crippen MR) is 127 cm³/mol. The standard InChI is InChI=1S/C24H24N6O6/c25-13-19(23(33)29-35)27-21(31)17-9-5-15(6-10-17)3-1-2-4-16-7-11-18(12-8-16)22(32)28-20(14-26)24(34)30-36/h5-12,19-20,35-36H,13-14,25-26H2,(H,27,31)(H,28,32)(H,29,33)(H,30,34)/t19-,20-/m0/s1. The molecule has 0 bridgehead atoms. The number of hydrogen-bond acceptors (Lipinski definition) is 8. The molecule has 36 heavy (non-hydrogen) atoms. The van der Waals surface area contributed by atoms with Crippen molar-refractivity contribution in [1.82, 2.24) is 21.6 Å². The normalized spacial score (nSPS) is 11.3. The summed E-state index contributed by atoms with van der Waals surface area (Å²) in [5, 5.41) is 22.1. The molecule has 0 aromatic heterocycles. The van der Waals surface area contributed by atoms with E-state index >= 15 is 0 Å². The molecule has 0 radical (unpaired) electrons. The number of carbonyl (C=O) groups excluding carboxylic acids is 4. The predicted octanol–water partition coefficient (Wildman–Crippen LogP) is -1.79. The third kappa shape index (κ3) is 7.95. The van der Waals surface area contributed by atoms with Gasteiger partial charge in [-0.15, -0.1) is 0 Å². The van der Waals surface area contributed by atoms with E-state index in [1.54, 1.807) is 24.3 Å². The molecular weight excluding hydrogens is 468 g/mol. The minimum absolute atomic E-state index is 0.186. The van der Waals surface area contributed by atoms with Crippen molar-refractivity contribution in [2.24, 2.45) is 11.5 Å². The Hall–Kier alpha value is -4.72. The Morgan fingerprint density at radius 2 is 1.00 bits per heavy atom. The van der Waals surface area contributed by atoms with Crippen molar-refractivity contribution in [2.75, 3.05) is 13.1 Å². The summed E-state index contributed by atoms with van der Waals surface area (Å²) in [6.07, 6.45) is 0. The number of hydroxylamine groups is 2. The zero-order valence-electron chi connectivity index (χ0n) is 18.9. The lowest BCUT2D eigenvalue weighted by Crippen LogP contribution is -2.50. The van der Waals surface area contributed by atoms with Gasteiger partial charge in [-0.25, -0.2) is 11.0 Å². The van der Waals surface area contributed by atoms with E-state index in [2.05, 4.69) is 34.3 Å². The van der Waals surface area contributed by atoms with Crippen LogP contribution in [-0.4, -0.2) is 59.2 Å². The topological polar surface area (TPSA) is 209 Å². The van der Waals surface area contributed by atoms with Crippen LogP contribution in [0.4, 0.5) is 0 Å². The fourth-order valence-corrected chi connectivity index (χ4v) is 2.72. The van der Waals surface area contributed by atoms with Crippen molar-refractivity contribution in [3.05, 3.63) is 70.8 Å². The van der Waals surface area contributed by atoms with Crippen LogP contribution < -0.4 is 33.1 Å². The Bertz CT molecular complexity index is 1120. The van der Waals surface area contributed by atoms with E-state index in [4.69, 9.17) is 21.9 Å². The summed E-state index contributed by atoms with van der Waals surface area (Å²) in [5.41, 5.74) is 15.4. The number of benzene rings is 2. The van der Waals surface area contributed by atoms with Crippen LogP contribution in [0.3, 0.4) is 0 Å².